The Labute approximate surface area is 106 Å². The van der Waals surface area contributed by atoms with Gasteiger partial charge in [0.25, 0.3) is 5.69 Å². The third-order valence-electron chi connectivity index (χ3n) is 2.67. The van der Waals surface area contributed by atoms with Crippen molar-refractivity contribution < 1.29 is 4.92 Å². The van der Waals surface area contributed by atoms with Crippen molar-refractivity contribution in [2.24, 2.45) is 0 Å². The first-order valence-corrected chi connectivity index (χ1v) is 5.69. The molecule has 0 aliphatic carbocycles. The number of hydrogen-bond acceptors (Lipinski definition) is 5. The SMILES string of the molecule is CCN(C)CCNc1ccc(C#N)cc1[N+](=O)[O-]. The predicted molar refractivity (Wildman–Crippen MR) is 69.5 cm³/mol. The van der Waals surface area contributed by atoms with Gasteiger partial charge in [-0.2, -0.15) is 5.26 Å². The standard InChI is InChI=1S/C12H16N4O2/c1-3-15(2)7-6-14-11-5-4-10(9-13)8-12(11)16(17)18/h4-5,8,14H,3,6-7H2,1-2H3. The van der Waals surface area contributed by atoms with Gasteiger partial charge < -0.3 is 10.2 Å². The molecule has 1 aromatic carbocycles. The highest BCUT2D eigenvalue weighted by Crippen LogP contribution is 2.24. The van der Waals surface area contributed by atoms with Crippen LogP contribution >= 0.6 is 0 Å². The van der Waals surface area contributed by atoms with Crippen LogP contribution in [0.2, 0.25) is 0 Å². The predicted octanol–water partition coefficient (Wildman–Crippen LogP) is 1.83. The summed E-state index contributed by atoms with van der Waals surface area (Å²) in [7, 11) is 1.98. The number of anilines is 1. The van der Waals surface area contributed by atoms with E-state index in [-0.39, 0.29) is 11.3 Å². The summed E-state index contributed by atoms with van der Waals surface area (Å²) >= 11 is 0. The third kappa shape index (κ3) is 3.71. The second kappa shape index (κ2) is 6.57. The normalized spacial score (nSPS) is 10.1. The fourth-order valence-electron chi connectivity index (χ4n) is 1.44. The molecule has 0 fully saturated rings. The summed E-state index contributed by atoms with van der Waals surface area (Å²) in [6.45, 7) is 4.39. The van der Waals surface area contributed by atoms with Gasteiger partial charge in [0, 0.05) is 19.2 Å². The van der Waals surface area contributed by atoms with Crippen LogP contribution in [0.25, 0.3) is 0 Å². The average molecular weight is 248 g/mol. The maximum absolute atomic E-state index is 10.9. The van der Waals surface area contributed by atoms with E-state index in [4.69, 9.17) is 5.26 Å². The zero-order valence-corrected chi connectivity index (χ0v) is 10.5. The number of likely N-dealkylation sites (N-methyl/N-ethyl adjacent to an activating group) is 1. The second-order valence-electron chi connectivity index (χ2n) is 3.92. The van der Waals surface area contributed by atoms with E-state index < -0.39 is 4.92 Å². The summed E-state index contributed by atoms with van der Waals surface area (Å²) in [6, 6.07) is 6.32. The smallest absolute Gasteiger partial charge is 0.293 e. The number of nitro benzene ring substituents is 1. The Morgan fingerprint density at radius 1 is 1.56 bits per heavy atom. The van der Waals surface area contributed by atoms with Gasteiger partial charge in [-0.15, -0.1) is 0 Å². The number of hydrogen-bond donors (Lipinski definition) is 1. The molecule has 0 spiro atoms. The van der Waals surface area contributed by atoms with Crippen molar-refractivity contribution in [1.82, 2.24) is 4.90 Å². The van der Waals surface area contributed by atoms with Gasteiger partial charge >= 0.3 is 0 Å². The van der Waals surface area contributed by atoms with Gasteiger partial charge in [-0.25, -0.2) is 0 Å². The molecular formula is C12H16N4O2. The summed E-state index contributed by atoms with van der Waals surface area (Å²) in [4.78, 5) is 12.5. The Balaban J connectivity index is 2.76. The average Bonchev–Trinajstić information content (AvgIpc) is 2.38. The molecule has 0 aliphatic rings. The maximum atomic E-state index is 10.9. The topological polar surface area (TPSA) is 82.2 Å². The van der Waals surface area contributed by atoms with Gasteiger partial charge in [-0.3, -0.25) is 10.1 Å². The van der Waals surface area contributed by atoms with Crippen LogP contribution < -0.4 is 5.32 Å². The third-order valence-corrected chi connectivity index (χ3v) is 2.67. The number of nitrogens with zero attached hydrogens (tertiary/aromatic N) is 3. The van der Waals surface area contributed by atoms with Crippen LogP contribution in [-0.4, -0.2) is 36.5 Å². The summed E-state index contributed by atoms with van der Waals surface area (Å²) < 4.78 is 0. The van der Waals surface area contributed by atoms with Gasteiger partial charge in [0.1, 0.15) is 5.69 Å². The molecule has 0 bridgehead atoms. The molecule has 1 aromatic rings. The fraction of sp³-hybridized carbons (Fsp3) is 0.417. The highest BCUT2D eigenvalue weighted by molar-refractivity contribution is 5.64. The van der Waals surface area contributed by atoms with Crippen molar-refractivity contribution in [3.05, 3.63) is 33.9 Å². The molecule has 0 heterocycles. The Morgan fingerprint density at radius 3 is 2.83 bits per heavy atom. The molecule has 0 aliphatic heterocycles. The van der Waals surface area contributed by atoms with Crippen molar-refractivity contribution >= 4 is 11.4 Å². The first-order valence-electron chi connectivity index (χ1n) is 5.69. The second-order valence-corrected chi connectivity index (χ2v) is 3.92. The van der Waals surface area contributed by atoms with Crippen LogP contribution in [-0.2, 0) is 0 Å². The Morgan fingerprint density at radius 2 is 2.28 bits per heavy atom. The number of rotatable bonds is 6. The van der Waals surface area contributed by atoms with E-state index in [0.717, 1.165) is 13.1 Å². The van der Waals surface area contributed by atoms with Gasteiger partial charge in [0.2, 0.25) is 0 Å². The lowest BCUT2D eigenvalue weighted by atomic mass is 10.2. The highest BCUT2D eigenvalue weighted by atomic mass is 16.6. The van der Waals surface area contributed by atoms with Gasteiger partial charge in [0.15, 0.2) is 0 Å². The maximum Gasteiger partial charge on any atom is 0.293 e. The molecule has 96 valence electrons. The quantitative estimate of drug-likeness (QED) is 0.613. The lowest BCUT2D eigenvalue weighted by Crippen LogP contribution is -2.24. The van der Waals surface area contributed by atoms with Crippen molar-refractivity contribution in [2.75, 3.05) is 32.0 Å². The van der Waals surface area contributed by atoms with E-state index in [1.54, 1.807) is 12.1 Å². The monoisotopic (exact) mass is 248 g/mol. The highest BCUT2D eigenvalue weighted by Gasteiger charge is 2.14. The van der Waals surface area contributed by atoms with Crippen LogP contribution in [0.4, 0.5) is 11.4 Å². The minimum absolute atomic E-state index is 0.0619. The zero-order chi connectivity index (χ0) is 13.5. The Kier molecular flexibility index (Phi) is 5.08. The van der Waals surface area contributed by atoms with Crippen LogP contribution in [0.15, 0.2) is 18.2 Å². The Bertz CT molecular complexity index is 468. The van der Waals surface area contributed by atoms with Gasteiger partial charge in [-0.1, -0.05) is 6.92 Å². The van der Waals surface area contributed by atoms with Crippen LogP contribution in [0.5, 0.6) is 0 Å². The number of nitrogens with one attached hydrogen (secondary N) is 1. The van der Waals surface area contributed by atoms with Crippen LogP contribution in [0.1, 0.15) is 12.5 Å². The van der Waals surface area contributed by atoms with Gasteiger partial charge in [0.05, 0.1) is 16.6 Å². The summed E-state index contributed by atoms with van der Waals surface area (Å²) in [5, 5.41) is 22.6. The number of nitro groups is 1. The molecule has 0 unspecified atom stereocenters. The van der Waals surface area contributed by atoms with E-state index in [1.807, 2.05) is 20.0 Å². The minimum Gasteiger partial charge on any atom is -0.378 e. The molecule has 0 saturated carbocycles. The lowest BCUT2D eigenvalue weighted by molar-refractivity contribution is -0.384. The van der Waals surface area contributed by atoms with E-state index in [1.165, 1.54) is 6.07 Å². The van der Waals surface area contributed by atoms with E-state index >= 15 is 0 Å². The van der Waals surface area contributed by atoms with Crippen LogP contribution in [0.3, 0.4) is 0 Å². The molecule has 0 amide bonds. The van der Waals surface area contributed by atoms with Crippen molar-refractivity contribution in [1.29, 1.82) is 5.26 Å². The van der Waals surface area contributed by atoms with Crippen LogP contribution in [0, 0.1) is 21.4 Å². The number of benzene rings is 1. The van der Waals surface area contributed by atoms with E-state index in [0.29, 0.717) is 12.2 Å². The van der Waals surface area contributed by atoms with E-state index in [2.05, 4.69) is 10.2 Å². The molecule has 6 heteroatoms. The molecular weight excluding hydrogens is 232 g/mol. The summed E-state index contributed by atoms with van der Waals surface area (Å²) in [5.74, 6) is 0. The van der Waals surface area contributed by atoms with E-state index in [9.17, 15) is 10.1 Å². The molecule has 0 atom stereocenters. The summed E-state index contributed by atoms with van der Waals surface area (Å²) in [6.07, 6.45) is 0. The molecule has 1 rings (SSSR count). The van der Waals surface area contributed by atoms with Crippen molar-refractivity contribution in [3.8, 4) is 6.07 Å². The molecule has 18 heavy (non-hydrogen) atoms. The zero-order valence-electron chi connectivity index (χ0n) is 10.5. The first kappa shape index (κ1) is 13.9. The minimum atomic E-state index is -0.479. The first-order chi connectivity index (χ1) is 8.58. The number of nitriles is 1. The molecule has 0 radical (unpaired) electrons. The van der Waals surface area contributed by atoms with Gasteiger partial charge in [-0.05, 0) is 25.7 Å². The van der Waals surface area contributed by atoms with Crippen molar-refractivity contribution in [3.63, 3.8) is 0 Å². The fourth-order valence-corrected chi connectivity index (χ4v) is 1.44. The molecule has 1 N–H and O–H groups in total. The Hall–Kier alpha value is -2.13. The largest absolute Gasteiger partial charge is 0.378 e. The molecule has 0 saturated heterocycles. The summed E-state index contributed by atoms with van der Waals surface area (Å²) in [5.41, 5.74) is 0.676. The molecule has 6 nitrogen and oxygen atoms in total. The molecule has 0 aromatic heterocycles. The van der Waals surface area contributed by atoms with Crippen molar-refractivity contribution in [2.45, 2.75) is 6.92 Å². The lowest BCUT2D eigenvalue weighted by Gasteiger charge is -2.14.